The predicted octanol–water partition coefficient (Wildman–Crippen LogP) is 17.3. The second-order valence-corrected chi connectivity index (χ2v) is 21.1. The standard InChI is InChI=1S/C57H111O9P/c1-3-5-7-9-11-13-15-17-19-21-23-25-27-28-30-32-34-36-38-40-42-44-46-48-50-63-53-56(54-65-67(61,62)64-52-55(59)51-58)66-57(60)49-47-45-43-41-39-37-35-33-31-29-26-24-22-20-18-16-14-12-10-8-6-4-2/h15,17,21,23,55-56,58-59H,3-14,16,18-20,22,24-54H2,1-2H3,(H,61,62)/b17-15-,23-21-. The quantitative estimate of drug-likeness (QED) is 0.0236. The van der Waals surface area contributed by atoms with Crippen molar-refractivity contribution >= 4 is 13.8 Å². The number of aliphatic hydroxyl groups is 2. The molecule has 0 heterocycles. The molecule has 0 saturated carbocycles. The molecule has 3 N–H and O–H groups in total. The molecule has 0 aromatic carbocycles. The number of allylic oxidation sites excluding steroid dienone is 4. The maximum absolute atomic E-state index is 12.7. The van der Waals surface area contributed by atoms with Crippen molar-refractivity contribution in [3.8, 4) is 0 Å². The van der Waals surface area contributed by atoms with Gasteiger partial charge in [0.15, 0.2) is 0 Å². The number of phosphoric acid groups is 1. The van der Waals surface area contributed by atoms with E-state index < -0.39 is 33.2 Å². The van der Waals surface area contributed by atoms with Crippen LogP contribution >= 0.6 is 7.82 Å². The number of aliphatic hydroxyl groups excluding tert-OH is 2. The molecule has 0 aliphatic rings. The maximum atomic E-state index is 12.7. The summed E-state index contributed by atoms with van der Waals surface area (Å²) in [5.41, 5.74) is 0. The van der Waals surface area contributed by atoms with Gasteiger partial charge in [0.1, 0.15) is 12.2 Å². The van der Waals surface area contributed by atoms with Crippen LogP contribution in [0.5, 0.6) is 0 Å². The molecule has 0 aromatic rings. The van der Waals surface area contributed by atoms with E-state index in [2.05, 4.69) is 38.2 Å². The Labute approximate surface area is 414 Å². The minimum absolute atomic E-state index is 0.0536. The van der Waals surface area contributed by atoms with Crippen LogP contribution in [-0.4, -0.2) is 66.3 Å². The molecule has 0 aromatic heterocycles. The molecular formula is C57H111O9P. The minimum Gasteiger partial charge on any atom is -0.457 e. The molecule has 0 fully saturated rings. The summed E-state index contributed by atoms with van der Waals surface area (Å²) >= 11 is 0. The lowest BCUT2D eigenvalue weighted by molar-refractivity contribution is -0.154. The van der Waals surface area contributed by atoms with E-state index in [4.69, 9.17) is 23.6 Å². The summed E-state index contributed by atoms with van der Waals surface area (Å²) in [6, 6.07) is 0. The number of rotatable bonds is 56. The van der Waals surface area contributed by atoms with Gasteiger partial charge in [0.05, 0.1) is 26.4 Å². The van der Waals surface area contributed by atoms with Crippen LogP contribution in [0.1, 0.15) is 290 Å². The molecule has 0 aliphatic carbocycles. The molecule has 10 heteroatoms. The number of ether oxygens (including phenoxy) is 2. The molecule has 0 bridgehead atoms. The first kappa shape index (κ1) is 65.9. The first-order valence-corrected chi connectivity index (χ1v) is 30.3. The summed E-state index contributed by atoms with van der Waals surface area (Å²) < 4.78 is 33.6. The second kappa shape index (κ2) is 54.3. The van der Waals surface area contributed by atoms with Gasteiger partial charge in [-0.15, -0.1) is 0 Å². The van der Waals surface area contributed by atoms with Crippen molar-refractivity contribution in [3.63, 3.8) is 0 Å². The van der Waals surface area contributed by atoms with Crippen LogP contribution in [0.4, 0.5) is 0 Å². The van der Waals surface area contributed by atoms with E-state index in [1.165, 1.54) is 225 Å². The van der Waals surface area contributed by atoms with Gasteiger partial charge in [-0.05, 0) is 44.9 Å². The monoisotopic (exact) mass is 971 g/mol. The number of carbonyl (C=O) groups excluding carboxylic acids is 1. The van der Waals surface area contributed by atoms with Crippen molar-refractivity contribution in [2.45, 2.75) is 302 Å². The molecule has 0 spiro atoms. The number of hydrogen-bond acceptors (Lipinski definition) is 8. The molecule has 3 atom stereocenters. The number of esters is 1. The topological polar surface area (TPSA) is 132 Å². The Bertz CT molecular complexity index is 1100. The van der Waals surface area contributed by atoms with Crippen molar-refractivity contribution in [3.05, 3.63) is 24.3 Å². The van der Waals surface area contributed by atoms with Crippen molar-refractivity contribution in [1.29, 1.82) is 0 Å². The summed E-state index contributed by atoms with van der Waals surface area (Å²) in [6.07, 6.45) is 61.6. The zero-order chi connectivity index (χ0) is 48.8. The van der Waals surface area contributed by atoms with Crippen molar-refractivity contribution in [2.24, 2.45) is 0 Å². The summed E-state index contributed by atoms with van der Waals surface area (Å²) in [4.78, 5) is 22.8. The number of hydrogen-bond donors (Lipinski definition) is 3. The van der Waals surface area contributed by atoms with Crippen LogP contribution in [0, 0.1) is 0 Å². The highest BCUT2D eigenvalue weighted by atomic mass is 31.2. The lowest BCUT2D eigenvalue weighted by atomic mass is 10.0. The number of unbranched alkanes of at least 4 members (excludes halogenated alkanes) is 38. The highest BCUT2D eigenvalue weighted by Gasteiger charge is 2.26. The molecular weight excluding hydrogens is 860 g/mol. The fourth-order valence-electron chi connectivity index (χ4n) is 8.51. The molecule has 0 saturated heterocycles. The third-order valence-electron chi connectivity index (χ3n) is 12.9. The molecule has 9 nitrogen and oxygen atoms in total. The van der Waals surface area contributed by atoms with E-state index in [1.54, 1.807) is 0 Å². The van der Waals surface area contributed by atoms with E-state index in [9.17, 15) is 19.4 Å². The Kier molecular flexibility index (Phi) is 53.4. The van der Waals surface area contributed by atoms with Crippen LogP contribution in [0.15, 0.2) is 24.3 Å². The molecule has 0 amide bonds. The summed E-state index contributed by atoms with van der Waals surface area (Å²) in [7, 11) is -4.52. The lowest BCUT2D eigenvalue weighted by Crippen LogP contribution is -2.29. The highest BCUT2D eigenvalue weighted by molar-refractivity contribution is 7.47. The number of phosphoric ester groups is 1. The van der Waals surface area contributed by atoms with Crippen LogP contribution < -0.4 is 0 Å². The van der Waals surface area contributed by atoms with Crippen LogP contribution in [-0.2, 0) is 27.9 Å². The van der Waals surface area contributed by atoms with Gasteiger partial charge in [-0.3, -0.25) is 13.8 Å². The van der Waals surface area contributed by atoms with Gasteiger partial charge in [0, 0.05) is 13.0 Å². The Hall–Kier alpha value is -1.06. The van der Waals surface area contributed by atoms with Crippen molar-refractivity contribution < 1.29 is 43.0 Å². The molecule has 0 radical (unpaired) electrons. The summed E-state index contributed by atoms with van der Waals surface area (Å²) in [5, 5.41) is 18.5. The van der Waals surface area contributed by atoms with E-state index >= 15 is 0 Å². The third-order valence-corrected chi connectivity index (χ3v) is 13.8. The third kappa shape index (κ3) is 54.1. The molecule has 67 heavy (non-hydrogen) atoms. The zero-order valence-corrected chi connectivity index (χ0v) is 45.0. The van der Waals surface area contributed by atoms with E-state index in [0.717, 1.165) is 44.9 Å². The average molecular weight is 971 g/mol. The van der Waals surface area contributed by atoms with Crippen LogP contribution in [0.3, 0.4) is 0 Å². The Morgan fingerprint density at radius 3 is 1.19 bits per heavy atom. The van der Waals surface area contributed by atoms with Gasteiger partial charge in [-0.1, -0.05) is 263 Å². The fourth-order valence-corrected chi connectivity index (χ4v) is 9.30. The maximum Gasteiger partial charge on any atom is 0.472 e. The van der Waals surface area contributed by atoms with Gasteiger partial charge in [-0.25, -0.2) is 4.57 Å². The first-order chi connectivity index (χ1) is 32.8. The average Bonchev–Trinajstić information content (AvgIpc) is 3.32. The van der Waals surface area contributed by atoms with Gasteiger partial charge < -0.3 is 24.6 Å². The first-order valence-electron chi connectivity index (χ1n) is 28.8. The Morgan fingerprint density at radius 2 is 0.806 bits per heavy atom. The number of carbonyl (C=O) groups is 1. The van der Waals surface area contributed by atoms with Gasteiger partial charge >= 0.3 is 13.8 Å². The Balaban J connectivity index is 3.97. The van der Waals surface area contributed by atoms with E-state index in [1.807, 2.05) is 0 Å². The van der Waals surface area contributed by atoms with Gasteiger partial charge in [-0.2, -0.15) is 0 Å². The van der Waals surface area contributed by atoms with Gasteiger partial charge in [0.2, 0.25) is 0 Å². The van der Waals surface area contributed by atoms with Crippen LogP contribution in [0.25, 0.3) is 0 Å². The SMILES string of the molecule is CCCCCCC/C=C\C/C=C\CCCCCCCCCCCCCCOCC(COP(=O)(O)OCC(O)CO)OC(=O)CCCCCCCCCCCCCCCCCCCCCCCC. The van der Waals surface area contributed by atoms with Crippen LogP contribution in [0.2, 0.25) is 0 Å². The highest BCUT2D eigenvalue weighted by Crippen LogP contribution is 2.43. The van der Waals surface area contributed by atoms with Gasteiger partial charge in [0.25, 0.3) is 0 Å². The minimum atomic E-state index is -4.52. The normalized spacial score (nSPS) is 13.8. The molecule has 0 aliphatic heterocycles. The van der Waals surface area contributed by atoms with Crippen molar-refractivity contribution in [2.75, 3.05) is 33.0 Å². The Morgan fingerprint density at radius 1 is 0.463 bits per heavy atom. The molecule has 398 valence electrons. The lowest BCUT2D eigenvalue weighted by Gasteiger charge is -2.20. The molecule has 0 rings (SSSR count). The van der Waals surface area contributed by atoms with E-state index in [0.29, 0.717) is 6.61 Å². The fraction of sp³-hybridized carbons (Fsp3) is 0.912. The summed E-state index contributed by atoms with van der Waals surface area (Å²) in [5.74, 6) is -0.375. The summed E-state index contributed by atoms with van der Waals surface area (Å²) in [6.45, 7) is 3.58. The molecule has 3 unspecified atom stereocenters. The predicted molar refractivity (Wildman–Crippen MR) is 284 cm³/mol. The zero-order valence-electron chi connectivity index (χ0n) is 44.1. The van der Waals surface area contributed by atoms with E-state index in [-0.39, 0.29) is 25.6 Å². The second-order valence-electron chi connectivity index (χ2n) is 19.7. The smallest absolute Gasteiger partial charge is 0.457 e. The van der Waals surface area contributed by atoms with Crippen molar-refractivity contribution in [1.82, 2.24) is 0 Å². The largest absolute Gasteiger partial charge is 0.472 e.